The summed E-state index contributed by atoms with van der Waals surface area (Å²) in [6.45, 7) is 2.07. The van der Waals surface area contributed by atoms with Crippen molar-refractivity contribution in [1.29, 1.82) is 0 Å². The monoisotopic (exact) mass is 358 g/mol. The molecule has 0 spiro atoms. The van der Waals surface area contributed by atoms with Gasteiger partial charge in [-0.25, -0.2) is 4.39 Å². The SMILES string of the molecule is CN1CCN(Cc2nc(-c3cccc(Cl)c3)no2)c2ccc(F)cc21. The number of aromatic nitrogens is 2. The summed E-state index contributed by atoms with van der Waals surface area (Å²) in [6.07, 6.45) is 0. The van der Waals surface area contributed by atoms with Crippen molar-refractivity contribution in [2.24, 2.45) is 0 Å². The number of benzene rings is 2. The molecule has 0 saturated heterocycles. The molecule has 0 amide bonds. The molecule has 0 aliphatic carbocycles. The summed E-state index contributed by atoms with van der Waals surface area (Å²) in [4.78, 5) is 8.62. The number of anilines is 2. The normalized spacial score (nSPS) is 13.9. The number of hydrogen-bond donors (Lipinski definition) is 0. The number of nitrogens with zero attached hydrogens (tertiary/aromatic N) is 4. The van der Waals surface area contributed by atoms with Crippen LogP contribution in [0.1, 0.15) is 5.89 Å². The van der Waals surface area contributed by atoms with Gasteiger partial charge in [-0.15, -0.1) is 0 Å². The third-order valence-corrected chi connectivity index (χ3v) is 4.51. The van der Waals surface area contributed by atoms with Crippen LogP contribution in [0.25, 0.3) is 11.4 Å². The molecule has 2 aromatic carbocycles. The Bertz CT molecular complexity index is 914. The zero-order chi connectivity index (χ0) is 17.4. The van der Waals surface area contributed by atoms with Crippen molar-refractivity contribution in [3.63, 3.8) is 0 Å². The van der Waals surface area contributed by atoms with Gasteiger partial charge in [-0.3, -0.25) is 0 Å². The van der Waals surface area contributed by atoms with Crippen LogP contribution in [0.4, 0.5) is 15.8 Å². The molecule has 4 rings (SSSR count). The van der Waals surface area contributed by atoms with E-state index < -0.39 is 0 Å². The van der Waals surface area contributed by atoms with Crippen LogP contribution in [0.5, 0.6) is 0 Å². The first kappa shape index (κ1) is 15.9. The van der Waals surface area contributed by atoms with Crippen LogP contribution in [0.15, 0.2) is 47.0 Å². The largest absolute Gasteiger partial charge is 0.371 e. The van der Waals surface area contributed by atoms with E-state index in [0.29, 0.717) is 23.3 Å². The molecule has 7 heteroatoms. The van der Waals surface area contributed by atoms with Crippen molar-refractivity contribution in [1.82, 2.24) is 10.1 Å². The molecule has 0 saturated carbocycles. The molecule has 25 heavy (non-hydrogen) atoms. The van der Waals surface area contributed by atoms with Gasteiger partial charge in [0.05, 0.1) is 17.9 Å². The standard InChI is InChI=1S/C18H16ClFN4O/c1-23-7-8-24(15-6-5-14(20)10-16(15)23)11-17-21-18(22-25-17)12-3-2-4-13(19)9-12/h2-6,9-10H,7-8,11H2,1H3. The van der Waals surface area contributed by atoms with Gasteiger partial charge in [-0.1, -0.05) is 28.9 Å². The first-order chi connectivity index (χ1) is 12.1. The van der Waals surface area contributed by atoms with Crippen molar-refractivity contribution in [3.8, 4) is 11.4 Å². The Hall–Kier alpha value is -2.60. The van der Waals surface area contributed by atoms with Gasteiger partial charge in [-0.05, 0) is 30.3 Å². The minimum Gasteiger partial charge on any atom is -0.371 e. The van der Waals surface area contributed by atoms with Crippen molar-refractivity contribution >= 4 is 23.0 Å². The Balaban J connectivity index is 1.59. The molecule has 0 radical (unpaired) electrons. The van der Waals surface area contributed by atoms with Crippen LogP contribution in [-0.2, 0) is 6.54 Å². The van der Waals surface area contributed by atoms with E-state index in [2.05, 4.69) is 15.0 Å². The molecule has 0 bridgehead atoms. The highest BCUT2D eigenvalue weighted by molar-refractivity contribution is 6.30. The molecule has 0 N–H and O–H groups in total. The third-order valence-electron chi connectivity index (χ3n) is 4.27. The highest BCUT2D eigenvalue weighted by Gasteiger charge is 2.23. The Morgan fingerprint density at radius 3 is 2.88 bits per heavy atom. The molecule has 128 valence electrons. The van der Waals surface area contributed by atoms with Crippen molar-refractivity contribution in [2.45, 2.75) is 6.54 Å². The summed E-state index contributed by atoms with van der Waals surface area (Å²) >= 11 is 6.01. The summed E-state index contributed by atoms with van der Waals surface area (Å²) in [5.41, 5.74) is 2.63. The van der Waals surface area contributed by atoms with Crippen LogP contribution in [0.3, 0.4) is 0 Å². The van der Waals surface area contributed by atoms with Crippen LogP contribution in [-0.4, -0.2) is 30.3 Å². The quantitative estimate of drug-likeness (QED) is 0.708. The fourth-order valence-corrected chi connectivity index (χ4v) is 3.16. The lowest BCUT2D eigenvalue weighted by Gasteiger charge is -2.36. The zero-order valence-corrected chi connectivity index (χ0v) is 14.4. The molecule has 0 fully saturated rings. The van der Waals surface area contributed by atoms with Crippen molar-refractivity contribution in [2.75, 3.05) is 29.9 Å². The molecule has 0 atom stereocenters. The van der Waals surface area contributed by atoms with E-state index in [1.54, 1.807) is 24.3 Å². The van der Waals surface area contributed by atoms with E-state index >= 15 is 0 Å². The number of likely N-dealkylation sites (N-methyl/N-ethyl adjacent to an activating group) is 1. The summed E-state index contributed by atoms with van der Waals surface area (Å²) in [5.74, 6) is 0.772. The Labute approximate surface area is 149 Å². The van der Waals surface area contributed by atoms with E-state index in [4.69, 9.17) is 16.1 Å². The fourth-order valence-electron chi connectivity index (χ4n) is 2.97. The van der Waals surface area contributed by atoms with E-state index in [0.717, 1.165) is 30.0 Å². The van der Waals surface area contributed by atoms with Crippen LogP contribution in [0, 0.1) is 5.82 Å². The maximum Gasteiger partial charge on any atom is 0.246 e. The van der Waals surface area contributed by atoms with Gasteiger partial charge in [0.2, 0.25) is 11.7 Å². The van der Waals surface area contributed by atoms with Gasteiger partial charge >= 0.3 is 0 Å². The molecule has 3 aromatic rings. The van der Waals surface area contributed by atoms with Gasteiger partial charge in [0.15, 0.2) is 0 Å². The second-order valence-electron chi connectivity index (χ2n) is 6.00. The maximum absolute atomic E-state index is 13.5. The minimum absolute atomic E-state index is 0.242. The summed E-state index contributed by atoms with van der Waals surface area (Å²) in [7, 11) is 1.96. The number of fused-ring (bicyclic) bond motifs is 1. The average Bonchev–Trinajstić information content (AvgIpc) is 3.06. The smallest absolute Gasteiger partial charge is 0.246 e. The predicted molar refractivity (Wildman–Crippen MR) is 95.5 cm³/mol. The van der Waals surface area contributed by atoms with Crippen LogP contribution in [0.2, 0.25) is 5.02 Å². The Kier molecular flexibility index (Phi) is 4.05. The average molecular weight is 359 g/mol. The summed E-state index contributed by atoms with van der Waals surface area (Å²) in [6, 6.07) is 12.1. The molecular weight excluding hydrogens is 343 g/mol. The lowest BCUT2D eigenvalue weighted by Crippen LogP contribution is -2.38. The molecule has 1 aliphatic heterocycles. The van der Waals surface area contributed by atoms with E-state index in [9.17, 15) is 4.39 Å². The third kappa shape index (κ3) is 3.17. The predicted octanol–water partition coefficient (Wildman–Crippen LogP) is 3.99. The van der Waals surface area contributed by atoms with Crippen molar-refractivity contribution < 1.29 is 8.91 Å². The van der Waals surface area contributed by atoms with Crippen LogP contribution < -0.4 is 9.80 Å². The first-order valence-electron chi connectivity index (χ1n) is 7.94. The van der Waals surface area contributed by atoms with Gasteiger partial charge in [0, 0.05) is 30.7 Å². The Morgan fingerprint density at radius 2 is 2.04 bits per heavy atom. The lowest BCUT2D eigenvalue weighted by molar-refractivity contribution is 0.376. The zero-order valence-electron chi connectivity index (χ0n) is 13.6. The number of halogens is 2. The molecule has 0 unspecified atom stereocenters. The second-order valence-corrected chi connectivity index (χ2v) is 6.43. The van der Waals surface area contributed by atoms with E-state index in [1.165, 1.54) is 6.07 Å². The van der Waals surface area contributed by atoms with E-state index in [1.807, 2.05) is 24.1 Å². The minimum atomic E-state index is -0.242. The summed E-state index contributed by atoms with van der Waals surface area (Å²) in [5, 5.41) is 4.66. The van der Waals surface area contributed by atoms with Gasteiger partial charge in [0.25, 0.3) is 0 Å². The van der Waals surface area contributed by atoms with Gasteiger partial charge in [0.1, 0.15) is 5.82 Å². The van der Waals surface area contributed by atoms with Crippen LogP contribution >= 0.6 is 11.6 Å². The fraction of sp³-hybridized carbons (Fsp3) is 0.222. The number of rotatable bonds is 3. The van der Waals surface area contributed by atoms with Gasteiger partial charge < -0.3 is 14.3 Å². The highest BCUT2D eigenvalue weighted by atomic mass is 35.5. The van der Waals surface area contributed by atoms with Gasteiger partial charge in [-0.2, -0.15) is 4.98 Å². The Morgan fingerprint density at radius 1 is 1.16 bits per heavy atom. The molecule has 5 nitrogen and oxygen atoms in total. The van der Waals surface area contributed by atoms with E-state index in [-0.39, 0.29) is 5.82 Å². The lowest BCUT2D eigenvalue weighted by atomic mass is 10.1. The molecular formula is C18H16ClFN4O. The molecule has 2 heterocycles. The first-order valence-corrected chi connectivity index (χ1v) is 8.32. The second kappa shape index (κ2) is 6.37. The number of hydrogen-bond acceptors (Lipinski definition) is 5. The molecule has 1 aliphatic rings. The van der Waals surface area contributed by atoms with Crippen molar-refractivity contribution in [3.05, 3.63) is 59.2 Å². The highest BCUT2D eigenvalue weighted by Crippen LogP contribution is 2.33. The topological polar surface area (TPSA) is 45.4 Å². The maximum atomic E-state index is 13.5. The molecule has 1 aromatic heterocycles. The summed E-state index contributed by atoms with van der Waals surface area (Å²) < 4.78 is 18.9.